The molecule has 0 saturated carbocycles. The van der Waals surface area contributed by atoms with Crippen molar-refractivity contribution in [1.29, 1.82) is 0 Å². The summed E-state index contributed by atoms with van der Waals surface area (Å²) in [4.78, 5) is 10.6. The fraction of sp³-hybridized carbons (Fsp3) is 0.222. The quantitative estimate of drug-likeness (QED) is 0.730. The first-order valence-electron chi connectivity index (χ1n) is 3.57. The van der Waals surface area contributed by atoms with Gasteiger partial charge in [-0.25, -0.2) is 0 Å². The minimum atomic E-state index is 0.120. The second kappa shape index (κ2) is 4.53. The predicted molar refractivity (Wildman–Crippen MR) is 53.4 cm³/mol. The first-order chi connectivity index (χ1) is 5.70. The molecule has 0 aliphatic carbocycles. The van der Waals surface area contributed by atoms with E-state index in [1.165, 1.54) is 11.8 Å². The van der Waals surface area contributed by atoms with Crippen LogP contribution < -0.4 is 0 Å². The van der Waals surface area contributed by atoms with Crippen molar-refractivity contribution in [2.75, 3.05) is 0 Å². The molecule has 0 amide bonds. The van der Waals surface area contributed by atoms with E-state index in [9.17, 15) is 4.79 Å². The SMILES string of the molecule is CC(=O)SCc1ccccc1Cl. The van der Waals surface area contributed by atoms with E-state index in [0.717, 1.165) is 10.6 Å². The molecule has 0 bridgehead atoms. The standard InChI is InChI=1S/C9H9ClOS/c1-7(11)12-6-8-4-2-3-5-9(8)10/h2-5H,6H2,1H3. The van der Waals surface area contributed by atoms with Gasteiger partial charge in [-0.2, -0.15) is 0 Å². The molecule has 0 radical (unpaired) electrons. The smallest absolute Gasteiger partial charge is 0.186 e. The minimum Gasteiger partial charge on any atom is -0.288 e. The summed E-state index contributed by atoms with van der Waals surface area (Å²) in [7, 11) is 0. The summed E-state index contributed by atoms with van der Waals surface area (Å²) < 4.78 is 0. The molecule has 0 aliphatic rings. The fourth-order valence-electron chi connectivity index (χ4n) is 0.795. The summed E-state index contributed by atoms with van der Waals surface area (Å²) in [5.41, 5.74) is 1.01. The lowest BCUT2D eigenvalue weighted by atomic mass is 10.2. The van der Waals surface area contributed by atoms with E-state index >= 15 is 0 Å². The van der Waals surface area contributed by atoms with Crippen molar-refractivity contribution in [1.82, 2.24) is 0 Å². The molecule has 1 nitrogen and oxygen atoms in total. The van der Waals surface area contributed by atoms with E-state index in [-0.39, 0.29) is 5.12 Å². The second-order valence-corrected chi connectivity index (χ2v) is 3.93. The molecule has 0 heterocycles. The van der Waals surface area contributed by atoms with Gasteiger partial charge in [0, 0.05) is 17.7 Å². The Bertz CT molecular complexity index is 286. The summed E-state index contributed by atoms with van der Waals surface area (Å²) in [6, 6.07) is 7.56. The van der Waals surface area contributed by atoms with Gasteiger partial charge < -0.3 is 0 Å². The summed E-state index contributed by atoms with van der Waals surface area (Å²) >= 11 is 7.16. The second-order valence-electron chi connectivity index (χ2n) is 2.37. The number of carbonyl (C=O) groups excluding carboxylic acids is 1. The lowest BCUT2D eigenvalue weighted by Crippen LogP contribution is -1.86. The Morgan fingerprint density at radius 3 is 2.75 bits per heavy atom. The summed E-state index contributed by atoms with van der Waals surface area (Å²) in [6.45, 7) is 1.56. The fourth-order valence-corrected chi connectivity index (χ4v) is 1.69. The monoisotopic (exact) mass is 200 g/mol. The minimum absolute atomic E-state index is 0.120. The third kappa shape index (κ3) is 2.88. The van der Waals surface area contributed by atoms with E-state index < -0.39 is 0 Å². The van der Waals surface area contributed by atoms with Gasteiger partial charge in [0.1, 0.15) is 0 Å². The van der Waals surface area contributed by atoms with Crippen LogP contribution in [0.15, 0.2) is 24.3 Å². The normalized spacial score (nSPS) is 9.83. The average Bonchev–Trinajstić information content (AvgIpc) is 2.03. The van der Waals surface area contributed by atoms with Crippen LogP contribution in [0.5, 0.6) is 0 Å². The zero-order chi connectivity index (χ0) is 8.97. The van der Waals surface area contributed by atoms with Crippen molar-refractivity contribution in [3.05, 3.63) is 34.9 Å². The van der Waals surface area contributed by atoms with Crippen molar-refractivity contribution in [3.8, 4) is 0 Å². The molecule has 0 fully saturated rings. The number of carbonyl (C=O) groups is 1. The highest BCUT2D eigenvalue weighted by Gasteiger charge is 2.00. The maximum atomic E-state index is 10.6. The number of hydrogen-bond acceptors (Lipinski definition) is 2. The van der Waals surface area contributed by atoms with Crippen molar-refractivity contribution < 1.29 is 4.79 Å². The molecular weight excluding hydrogens is 192 g/mol. The highest BCUT2D eigenvalue weighted by atomic mass is 35.5. The van der Waals surface area contributed by atoms with Gasteiger partial charge in [-0.1, -0.05) is 41.6 Å². The Hall–Kier alpha value is -0.470. The zero-order valence-corrected chi connectivity index (χ0v) is 8.28. The molecule has 64 valence electrons. The molecule has 0 unspecified atom stereocenters. The molecule has 12 heavy (non-hydrogen) atoms. The molecular formula is C9H9ClOS. The predicted octanol–water partition coefficient (Wildman–Crippen LogP) is 3.12. The molecule has 3 heteroatoms. The first kappa shape index (κ1) is 9.62. The summed E-state index contributed by atoms with van der Waals surface area (Å²) in [6.07, 6.45) is 0. The Balaban J connectivity index is 2.63. The molecule has 0 atom stereocenters. The largest absolute Gasteiger partial charge is 0.288 e. The molecule has 0 aliphatic heterocycles. The highest BCUT2D eigenvalue weighted by molar-refractivity contribution is 8.12. The van der Waals surface area contributed by atoms with Gasteiger partial charge in [0.05, 0.1) is 0 Å². The zero-order valence-electron chi connectivity index (χ0n) is 6.71. The third-order valence-electron chi connectivity index (χ3n) is 1.39. The van der Waals surface area contributed by atoms with Crippen molar-refractivity contribution in [2.45, 2.75) is 12.7 Å². The maximum absolute atomic E-state index is 10.6. The number of benzene rings is 1. The molecule has 0 spiro atoms. The first-order valence-corrected chi connectivity index (χ1v) is 4.93. The molecule has 0 N–H and O–H groups in total. The Morgan fingerprint density at radius 1 is 1.50 bits per heavy atom. The molecule has 0 aromatic heterocycles. The van der Waals surface area contributed by atoms with Gasteiger partial charge >= 0.3 is 0 Å². The lowest BCUT2D eigenvalue weighted by Gasteiger charge is -2.00. The van der Waals surface area contributed by atoms with Crippen molar-refractivity contribution in [2.24, 2.45) is 0 Å². The van der Waals surface area contributed by atoms with Gasteiger partial charge in [-0.05, 0) is 11.6 Å². The van der Waals surface area contributed by atoms with E-state index in [1.807, 2.05) is 24.3 Å². The van der Waals surface area contributed by atoms with Crippen LogP contribution in [0.1, 0.15) is 12.5 Å². The van der Waals surface area contributed by atoms with Crippen molar-refractivity contribution >= 4 is 28.5 Å². The van der Waals surface area contributed by atoms with E-state index in [4.69, 9.17) is 11.6 Å². The number of hydrogen-bond donors (Lipinski definition) is 0. The molecule has 1 aromatic carbocycles. The van der Waals surface area contributed by atoms with Crippen LogP contribution in [-0.4, -0.2) is 5.12 Å². The molecule has 1 aromatic rings. The van der Waals surface area contributed by atoms with Gasteiger partial charge in [0.2, 0.25) is 0 Å². The van der Waals surface area contributed by atoms with Crippen LogP contribution in [0.4, 0.5) is 0 Å². The Labute approximate surface area is 81.1 Å². The Morgan fingerprint density at radius 2 is 2.17 bits per heavy atom. The molecule has 1 rings (SSSR count). The van der Waals surface area contributed by atoms with E-state index in [1.54, 1.807) is 6.92 Å². The van der Waals surface area contributed by atoms with E-state index in [2.05, 4.69) is 0 Å². The van der Waals surface area contributed by atoms with Crippen LogP contribution in [0.25, 0.3) is 0 Å². The van der Waals surface area contributed by atoms with Crippen LogP contribution in [-0.2, 0) is 10.5 Å². The summed E-state index contributed by atoms with van der Waals surface area (Å²) in [5.74, 6) is 0.662. The number of rotatable bonds is 2. The van der Waals surface area contributed by atoms with Crippen LogP contribution >= 0.6 is 23.4 Å². The molecule has 0 saturated heterocycles. The van der Waals surface area contributed by atoms with Crippen LogP contribution in [0, 0.1) is 0 Å². The van der Waals surface area contributed by atoms with E-state index in [0.29, 0.717) is 5.75 Å². The Kier molecular flexibility index (Phi) is 3.63. The number of halogens is 1. The maximum Gasteiger partial charge on any atom is 0.186 e. The highest BCUT2D eigenvalue weighted by Crippen LogP contribution is 2.20. The number of thioether (sulfide) groups is 1. The van der Waals surface area contributed by atoms with Gasteiger partial charge in [-0.3, -0.25) is 4.79 Å². The topological polar surface area (TPSA) is 17.1 Å². The third-order valence-corrected chi connectivity index (χ3v) is 2.62. The van der Waals surface area contributed by atoms with Crippen LogP contribution in [0.2, 0.25) is 5.02 Å². The van der Waals surface area contributed by atoms with Crippen LogP contribution in [0.3, 0.4) is 0 Å². The average molecular weight is 201 g/mol. The van der Waals surface area contributed by atoms with Crippen molar-refractivity contribution in [3.63, 3.8) is 0 Å². The van der Waals surface area contributed by atoms with Gasteiger partial charge in [-0.15, -0.1) is 0 Å². The lowest BCUT2D eigenvalue weighted by molar-refractivity contribution is -0.109. The summed E-state index contributed by atoms with van der Waals surface area (Å²) in [5, 5.41) is 0.848. The van der Waals surface area contributed by atoms with Gasteiger partial charge in [0.15, 0.2) is 5.12 Å². The van der Waals surface area contributed by atoms with Gasteiger partial charge in [0.25, 0.3) is 0 Å².